The molecule has 0 radical (unpaired) electrons. The third-order valence-corrected chi connectivity index (χ3v) is 7.09. The van der Waals surface area contributed by atoms with Crippen LogP contribution in [0.4, 0.5) is 11.5 Å². The summed E-state index contributed by atoms with van der Waals surface area (Å²) in [6.45, 7) is 1.87. The van der Waals surface area contributed by atoms with E-state index in [1.807, 2.05) is 6.92 Å². The number of benzene rings is 1. The van der Waals surface area contributed by atoms with Crippen LogP contribution < -0.4 is 5.32 Å². The van der Waals surface area contributed by atoms with Gasteiger partial charge in [0.15, 0.2) is 5.65 Å². The number of nitrogens with one attached hydrogen (secondary N) is 1. The van der Waals surface area contributed by atoms with Crippen LogP contribution in [0.3, 0.4) is 0 Å². The van der Waals surface area contributed by atoms with Gasteiger partial charge in [0.05, 0.1) is 23.1 Å². The van der Waals surface area contributed by atoms with E-state index < -0.39 is 16.0 Å². The monoisotopic (exact) mass is 462 g/mol. The van der Waals surface area contributed by atoms with E-state index in [1.165, 1.54) is 36.8 Å². The van der Waals surface area contributed by atoms with Crippen LogP contribution in [0, 0.1) is 6.92 Å². The summed E-state index contributed by atoms with van der Waals surface area (Å²) < 4.78 is 32.1. The van der Waals surface area contributed by atoms with Crippen LogP contribution in [0.15, 0.2) is 52.9 Å². The van der Waals surface area contributed by atoms with E-state index in [9.17, 15) is 13.2 Å². The number of aryl methyl sites for hydroxylation is 1. The van der Waals surface area contributed by atoms with E-state index in [2.05, 4.69) is 15.3 Å². The van der Waals surface area contributed by atoms with Gasteiger partial charge in [0, 0.05) is 6.20 Å². The van der Waals surface area contributed by atoms with Gasteiger partial charge >= 0.3 is 5.97 Å². The summed E-state index contributed by atoms with van der Waals surface area (Å²) in [5, 5.41) is 5.04. The van der Waals surface area contributed by atoms with Crippen LogP contribution in [0.1, 0.15) is 15.2 Å². The lowest BCUT2D eigenvalue weighted by molar-refractivity contribution is 0.0607. The van der Waals surface area contributed by atoms with E-state index in [4.69, 9.17) is 16.3 Å². The molecule has 0 atom stereocenters. The Balaban J connectivity index is 1.82. The van der Waals surface area contributed by atoms with Crippen LogP contribution in [0.2, 0.25) is 5.28 Å². The molecule has 0 fully saturated rings. The molecule has 4 aromatic rings. The zero-order chi connectivity index (χ0) is 21.5. The minimum absolute atomic E-state index is 0.118. The van der Waals surface area contributed by atoms with Crippen molar-refractivity contribution in [2.24, 2.45) is 0 Å². The van der Waals surface area contributed by atoms with Gasteiger partial charge in [-0.05, 0) is 48.2 Å². The summed E-state index contributed by atoms with van der Waals surface area (Å²) in [6.07, 6.45) is 1.39. The Bertz CT molecular complexity index is 1360. The lowest BCUT2D eigenvalue weighted by Gasteiger charge is -2.10. The molecule has 3 heterocycles. The maximum Gasteiger partial charge on any atom is 0.350 e. The fourth-order valence-electron chi connectivity index (χ4n) is 2.86. The summed E-state index contributed by atoms with van der Waals surface area (Å²) in [5.41, 5.74) is 1.53. The van der Waals surface area contributed by atoms with Crippen molar-refractivity contribution in [1.29, 1.82) is 0 Å². The highest BCUT2D eigenvalue weighted by Crippen LogP contribution is 2.31. The normalized spacial score (nSPS) is 11.6. The number of aromatic nitrogens is 3. The van der Waals surface area contributed by atoms with Crippen LogP contribution in [0.25, 0.3) is 11.0 Å². The lowest BCUT2D eigenvalue weighted by Crippen LogP contribution is -2.13. The number of nitrogens with zero attached hydrogens (tertiary/aromatic N) is 3. The molecular formula is C19H15ClN4O4S2. The van der Waals surface area contributed by atoms with Crippen molar-refractivity contribution >= 4 is 61.5 Å². The van der Waals surface area contributed by atoms with Crippen molar-refractivity contribution in [1.82, 2.24) is 13.9 Å². The second kappa shape index (κ2) is 7.71. The SMILES string of the molecule is COC(=O)c1sccc1Nc1nc(Cl)nc2c1ccn2S(=O)(=O)c1ccc(C)cc1. The first kappa shape index (κ1) is 20.3. The average molecular weight is 463 g/mol. The third-order valence-electron chi connectivity index (χ3n) is 4.35. The molecule has 30 heavy (non-hydrogen) atoms. The molecule has 0 saturated carbocycles. The molecule has 0 spiro atoms. The standard InChI is InChI=1S/C19H15ClN4O4S2/c1-11-3-5-12(6-4-11)30(26,27)24-9-7-13-16(22-19(20)23-17(13)24)21-14-8-10-29-15(14)18(25)28-2/h3-10H,1-2H3,(H,21,22,23). The number of rotatable bonds is 5. The van der Waals surface area contributed by atoms with Gasteiger partial charge in [-0.25, -0.2) is 17.2 Å². The molecule has 0 amide bonds. The number of anilines is 2. The Morgan fingerprint density at radius 2 is 1.90 bits per heavy atom. The van der Waals surface area contributed by atoms with Crippen molar-refractivity contribution in [2.75, 3.05) is 12.4 Å². The number of methoxy groups -OCH3 is 1. The van der Waals surface area contributed by atoms with Gasteiger partial charge in [-0.2, -0.15) is 9.97 Å². The summed E-state index contributed by atoms with van der Waals surface area (Å²) in [6, 6.07) is 9.78. The Morgan fingerprint density at radius 3 is 2.60 bits per heavy atom. The summed E-state index contributed by atoms with van der Waals surface area (Å²) >= 11 is 7.28. The first-order valence-electron chi connectivity index (χ1n) is 8.61. The largest absolute Gasteiger partial charge is 0.465 e. The second-order valence-corrected chi connectivity index (χ2v) is 9.36. The molecule has 0 aliphatic carbocycles. The van der Waals surface area contributed by atoms with Gasteiger partial charge in [0.2, 0.25) is 5.28 Å². The van der Waals surface area contributed by atoms with Gasteiger partial charge in [0.25, 0.3) is 10.0 Å². The van der Waals surface area contributed by atoms with Gasteiger partial charge in [-0.15, -0.1) is 11.3 Å². The van der Waals surface area contributed by atoms with Crippen LogP contribution >= 0.6 is 22.9 Å². The van der Waals surface area contributed by atoms with Crippen LogP contribution in [-0.2, 0) is 14.8 Å². The number of carbonyl (C=O) groups excluding carboxylic acids is 1. The molecule has 0 unspecified atom stereocenters. The van der Waals surface area contributed by atoms with Crippen molar-refractivity contribution in [3.8, 4) is 0 Å². The minimum atomic E-state index is -3.89. The summed E-state index contributed by atoms with van der Waals surface area (Å²) in [4.78, 5) is 20.7. The molecule has 1 aromatic carbocycles. The van der Waals surface area contributed by atoms with Crippen LogP contribution in [0.5, 0.6) is 0 Å². The Hall–Kier alpha value is -2.95. The predicted octanol–water partition coefficient (Wildman–Crippen LogP) is 4.22. The van der Waals surface area contributed by atoms with Gasteiger partial charge in [-0.1, -0.05) is 17.7 Å². The van der Waals surface area contributed by atoms with Crippen molar-refractivity contribution in [3.63, 3.8) is 0 Å². The first-order chi connectivity index (χ1) is 14.3. The maximum atomic E-state index is 13.1. The van der Waals surface area contributed by atoms with Crippen molar-refractivity contribution in [2.45, 2.75) is 11.8 Å². The molecule has 0 aliphatic rings. The first-order valence-corrected chi connectivity index (χ1v) is 11.3. The van der Waals surface area contributed by atoms with Crippen LogP contribution in [-0.4, -0.2) is 35.4 Å². The van der Waals surface area contributed by atoms with E-state index in [-0.39, 0.29) is 21.6 Å². The zero-order valence-corrected chi connectivity index (χ0v) is 18.2. The fourth-order valence-corrected chi connectivity index (χ4v) is 5.09. The summed E-state index contributed by atoms with van der Waals surface area (Å²) in [5.74, 6) is -0.227. The average Bonchev–Trinajstić information content (AvgIpc) is 3.35. The number of carbonyl (C=O) groups is 1. The molecule has 8 nitrogen and oxygen atoms in total. The quantitative estimate of drug-likeness (QED) is 0.349. The smallest absolute Gasteiger partial charge is 0.350 e. The lowest BCUT2D eigenvalue weighted by atomic mass is 10.2. The topological polar surface area (TPSA) is 103 Å². The van der Waals surface area contributed by atoms with E-state index in [0.717, 1.165) is 9.54 Å². The highest BCUT2D eigenvalue weighted by molar-refractivity contribution is 7.90. The minimum Gasteiger partial charge on any atom is -0.465 e. The number of hydrogen-bond acceptors (Lipinski definition) is 8. The molecule has 0 saturated heterocycles. The number of thiophene rings is 1. The van der Waals surface area contributed by atoms with E-state index in [1.54, 1.807) is 29.6 Å². The highest BCUT2D eigenvalue weighted by Gasteiger charge is 2.23. The molecule has 11 heteroatoms. The Labute approximate surface area is 181 Å². The second-order valence-electron chi connectivity index (χ2n) is 6.29. The number of ether oxygens (including phenoxy) is 1. The number of fused-ring (bicyclic) bond motifs is 1. The maximum absolute atomic E-state index is 13.1. The molecule has 0 bridgehead atoms. The molecule has 154 valence electrons. The third kappa shape index (κ3) is 3.53. The van der Waals surface area contributed by atoms with Crippen molar-refractivity contribution in [3.05, 3.63) is 63.7 Å². The predicted molar refractivity (Wildman–Crippen MR) is 115 cm³/mol. The zero-order valence-electron chi connectivity index (χ0n) is 15.8. The number of hydrogen-bond donors (Lipinski definition) is 1. The Morgan fingerprint density at radius 1 is 1.17 bits per heavy atom. The van der Waals surface area contributed by atoms with Gasteiger partial charge in [-0.3, -0.25) is 0 Å². The molecule has 0 aliphatic heterocycles. The molecule has 4 rings (SSSR count). The Kier molecular flexibility index (Phi) is 5.22. The number of halogens is 1. The highest BCUT2D eigenvalue weighted by atomic mass is 35.5. The van der Waals surface area contributed by atoms with Gasteiger partial charge in [0.1, 0.15) is 10.7 Å². The fraction of sp³-hybridized carbons (Fsp3) is 0.105. The van der Waals surface area contributed by atoms with Gasteiger partial charge < -0.3 is 10.1 Å². The molecule has 3 aromatic heterocycles. The molecule has 1 N–H and O–H groups in total. The molecular weight excluding hydrogens is 448 g/mol. The van der Waals surface area contributed by atoms with E-state index >= 15 is 0 Å². The summed E-state index contributed by atoms with van der Waals surface area (Å²) in [7, 11) is -2.60. The van der Waals surface area contributed by atoms with Crippen molar-refractivity contribution < 1.29 is 17.9 Å². The van der Waals surface area contributed by atoms with E-state index in [0.29, 0.717) is 16.0 Å². The number of esters is 1.